The minimum Gasteiger partial charge on any atom is -0.481 e. The number of rotatable bonds is 2. The smallest absolute Gasteiger partial charge is 0.218 e. The molecule has 0 aliphatic heterocycles. The van der Waals surface area contributed by atoms with Gasteiger partial charge >= 0.3 is 0 Å². The highest BCUT2D eigenvalue weighted by Crippen LogP contribution is 2.28. The lowest BCUT2D eigenvalue weighted by Gasteiger charge is -2.12. The van der Waals surface area contributed by atoms with E-state index in [-0.39, 0.29) is 0 Å². The third-order valence-electron chi connectivity index (χ3n) is 1.76. The number of nitrogens with zero attached hydrogens (tertiary/aromatic N) is 1. The molecule has 0 fully saturated rings. The van der Waals surface area contributed by atoms with E-state index < -0.39 is 0 Å². The standard InChI is InChI=1S/C9H14N2O/c1-6(2)8-7(10)4-5-11-9(8)12-3/h4-6H,1-3H3,(H2,10,11). The fraction of sp³-hybridized carbons (Fsp3) is 0.444. The lowest BCUT2D eigenvalue weighted by Crippen LogP contribution is -2.01. The highest BCUT2D eigenvalue weighted by atomic mass is 16.5. The van der Waals surface area contributed by atoms with Crippen LogP contribution < -0.4 is 10.5 Å². The van der Waals surface area contributed by atoms with Crippen LogP contribution in [0.15, 0.2) is 12.3 Å². The fourth-order valence-electron chi connectivity index (χ4n) is 1.21. The number of ether oxygens (including phenoxy) is 1. The van der Waals surface area contributed by atoms with E-state index in [9.17, 15) is 0 Å². The van der Waals surface area contributed by atoms with Crippen molar-refractivity contribution in [3.8, 4) is 5.88 Å². The highest BCUT2D eigenvalue weighted by Gasteiger charge is 2.11. The Labute approximate surface area is 72.6 Å². The zero-order chi connectivity index (χ0) is 9.14. The van der Waals surface area contributed by atoms with Gasteiger partial charge in [-0.15, -0.1) is 0 Å². The van der Waals surface area contributed by atoms with Crippen LogP contribution in [-0.4, -0.2) is 12.1 Å². The molecular weight excluding hydrogens is 152 g/mol. The third kappa shape index (κ3) is 1.49. The maximum Gasteiger partial charge on any atom is 0.218 e. The van der Waals surface area contributed by atoms with Crippen molar-refractivity contribution >= 4 is 5.69 Å². The first-order valence-corrected chi connectivity index (χ1v) is 3.95. The maximum absolute atomic E-state index is 5.78. The first-order valence-electron chi connectivity index (χ1n) is 3.95. The van der Waals surface area contributed by atoms with Crippen LogP contribution in [0, 0.1) is 0 Å². The number of hydrogen-bond acceptors (Lipinski definition) is 3. The van der Waals surface area contributed by atoms with E-state index in [1.165, 1.54) is 0 Å². The molecule has 2 N–H and O–H groups in total. The molecule has 0 amide bonds. The van der Waals surface area contributed by atoms with E-state index >= 15 is 0 Å². The van der Waals surface area contributed by atoms with Crippen molar-refractivity contribution in [3.05, 3.63) is 17.8 Å². The van der Waals surface area contributed by atoms with Gasteiger partial charge in [-0.05, 0) is 12.0 Å². The molecule has 1 aromatic heterocycles. The molecular formula is C9H14N2O. The zero-order valence-corrected chi connectivity index (χ0v) is 7.66. The average Bonchev–Trinajstić information content (AvgIpc) is 2.03. The summed E-state index contributed by atoms with van der Waals surface area (Å²) < 4.78 is 5.10. The summed E-state index contributed by atoms with van der Waals surface area (Å²) in [7, 11) is 1.60. The number of hydrogen-bond donors (Lipinski definition) is 1. The SMILES string of the molecule is COc1nccc(N)c1C(C)C. The molecule has 0 spiro atoms. The van der Waals surface area contributed by atoms with Gasteiger partial charge in [-0.3, -0.25) is 0 Å². The molecule has 0 radical (unpaired) electrons. The Kier molecular flexibility index (Phi) is 2.53. The van der Waals surface area contributed by atoms with Crippen molar-refractivity contribution in [1.82, 2.24) is 4.98 Å². The van der Waals surface area contributed by atoms with Crippen molar-refractivity contribution in [1.29, 1.82) is 0 Å². The average molecular weight is 166 g/mol. The molecule has 0 atom stereocenters. The summed E-state index contributed by atoms with van der Waals surface area (Å²) in [6.45, 7) is 4.13. The van der Waals surface area contributed by atoms with Crippen molar-refractivity contribution in [3.63, 3.8) is 0 Å². The quantitative estimate of drug-likeness (QED) is 0.728. The second-order valence-electron chi connectivity index (χ2n) is 2.98. The number of methoxy groups -OCH3 is 1. The highest BCUT2D eigenvalue weighted by molar-refractivity contribution is 5.52. The Hall–Kier alpha value is -1.25. The van der Waals surface area contributed by atoms with Crippen molar-refractivity contribution in [2.75, 3.05) is 12.8 Å². The van der Waals surface area contributed by atoms with E-state index in [1.807, 2.05) is 0 Å². The van der Waals surface area contributed by atoms with Crippen molar-refractivity contribution in [2.45, 2.75) is 19.8 Å². The van der Waals surface area contributed by atoms with E-state index in [0.29, 0.717) is 11.8 Å². The number of nitrogens with two attached hydrogens (primary N) is 1. The minimum absolute atomic E-state index is 0.341. The topological polar surface area (TPSA) is 48.1 Å². The van der Waals surface area contributed by atoms with Crippen LogP contribution in [0.25, 0.3) is 0 Å². The molecule has 3 heteroatoms. The molecule has 0 aliphatic carbocycles. The second kappa shape index (κ2) is 3.43. The van der Waals surface area contributed by atoms with Crippen LogP contribution >= 0.6 is 0 Å². The fourth-order valence-corrected chi connectivity index (χ4v) is 1.21. The van der Waals surface area contributed by atoms with Gasteiger partial charge in [-0.2, -0.15) is 0 Å². The largest absolute Gasteiger partial charge is 0.481 e. The van der Waals surface area contributed by atoms with Gasteiger partial charge < -0.3 is 10.5 Å². The van der Waals surface area contributed by atoms with Gasteiger partial charge in [0.15, 0.2) is 0 Å². The number of pyridine rings is 1. The second-order valence-corrected chi connectivity index (χ2v) is 2.98. The molecule has 1 aromatic rings. The molecule has 66 valence electrons. The number of aromatic nitrogens is 1. The molecule has 0 unspecified atom stereocenters. The third-order valence-corrected chi connectivity index (χ3v) is 1.76. The number of anilines is 1. The molecule has 0 bridgehead atoms. The maximum atomic E-state index is 5.78. The molecule has 1 heterocycles. The Morgan fingerprint density at radius 3 is 2.58 bits per heavy atom. The van der Waals surface area contributed by atoms with Crippen LogP contribution in [0.1, 0.15) is 25.3 Å². The van der Waals surface area contributed by atoms with Gasteiger partial charge in [0.25, 0.3) is 0 Å². The van der Waals surface area contributed by atoms with Crippen LogP contribution in [0.4, 0.5) is 5.69 Å². The Balaban J connectivity index is 3.20. The molecule has 0 saturated carbocycles. The Morgan fingerprint density at radius 2 is 2.17 bits per heavy atom. The summed E-state index contributed by atoms with van der Waals surface area (Å²) in [6.07, 6.45) is 1.65. The van der Waals surface area contributed by atoms with Gasteiger partial charge in [0.1, 0.15) is 0 Å². The van der Waals surface area contributed by atoms with Gasteiger partial charge in [0.2, 0.25) is 5.88 Å². The van der Waals surface area contributed by atoms with Crippen molar-refractivity contribution < 1.29 is 4.74 Å². The minimum atomic E-state index is 0.341. The Morgan fingerprint density at radius 1 is 1.50 bits per heavy atom. The summed E-state index contributed by atoms with van der Waals surface area (Å²) in [4.78, 5) is 4.08. The number of nitrogen functional groups attached to an aromatic ring is 1. The van der Waals surface area contributed by atoms with E-state index in [1.54, 1.807) is 19.4 Å². The molecule has 0 saturated heterocycles. The van der Waals surface area contributed by atoms with E-state index in [0.717, 1.165) is 11.3 Å². The monoisotopic (exact) mass is 166 g/mol. The molecule has 1 rings (SSSR count). The lowest BCUT2D eigenvalue weighted by molar-refractivity contribution is 0.391. The summed E-state index contributed by atoms with van der Waals surface area (Å²) in [5.41, 5.74) is 7.51. The van der Waals surface area contributed by atoms with E-state index in [4.69, 9.17) is 10.5 Å². The first-order chi connectivity index (χ1) is 5.66. The van der Waals surface area contributed by atoms with Crippen LogP contribution in [0.3, 0.4) is 0 Å². The van der Waals surface area contributed by atoms with Gasteiger partial charge in [0, 0.05) is 17.4 Å². The summed E-state index contributed by atoms with van der Waals surface area (Å²) >= 11 is 0. The predicted molar refractivity (Wildman–Crippen MR) is 49.3 cm³/mol. The molecule has 3 nitrogen and oxygen atoms in total. The normalized spacial score (nSPS) is 10.3. The van der Waals surface area contributed by atoms with Crippen molar-refractivity contribution in [2.24, 2.45) is 0 Å². The molecule has 12 heavy (non-hydrogen) atoms. The van der Waals surface area contributed by atoms with Crippen LogP contribution in [0.5, 0.6) is 5.88 Å². The predicted octanol–water partition coefficient (Wildman–Crippen LogP) is 1.80. The zero-order valence-electron chi connectivity index (χ0n) is 7.66. The Bertz CT molecular complexity index is 271. The van der Waals surface area contributed by atoms with Gasteiger partial charge in [-0.1, -0.05) is 13.8 Å². The summed E-state index contributed by atoms with van der Waals surface area (Å²) in [5.74, 6) is 0.971. The molecule has 0 aliphatic rings. The molecule has 0 aromatic carbocycles. The lowest BCUT2D eigenvalue weighted by atomic mass is 10.0. The first kappa shape index (κ1) is 8.84. The van der Waals surface area contributed by atoms with Gasteiger partial charge in [-0.25, -0.2) is 4.98 Å². The van der Waals surface area contributed by atoms with Gasteiger partial charge in [0.05, 0.1) is 7.11 Å². The van der Waals surface area contributed by atoms with E-state index in [2.05, 4.69) is 18.8 Å². The van der Waals surface area contributed by atoms with Crippen LogP contribution in [-0.2, 0) is 0 Å². The summed E-state index contributed by atoms with van der Waals surface area (Å²) in [5, 5.41) is 0. The van der Waals surface area contributed by atoms with Crippen LogP contribution in [0.2, 0.25) is 0 Å². The summed E-state index contributed by atoms with van der Waals surface area (Å²) in [6, 6.07) is 1.79.